The van der Waals surface area contributed by atoms with Crippen molar-refractivity contribution in [2.24, 2.45) is 0 Å². The number of quaternary nitrogens is 1. The lowest BCUT2D eigenvalue weighted by Crippen LogP contribution is -3.14. The lowest BCUT2D eigenvalue weighted by Gasteiger charge is -2.29. The van der Waals surface area contributed by atoms with Crippen LogP contribution in [0.1, 0.15) is 45.3 Å². The van der Waals surface area contributed by atoms with Crippen molar-refractivity contribution in [3.63, 3.8) is 0 Å². The summed E-state index contributed by atoms with van der Waals surface area (Å²) in [4.78, 5) is 55.1. The summed E-state index contributed by atoms with van der Waals surface area (Å²) < 4.78 is 10.2. The Hall–Kier alpha value is -4.03. The summed E-state index contributed by atoms with van der Waals surface area (Å²) in [6.45, 7) is 7.06. The number of benzene rings is 1. The number of Topliss-reactive ketones (excluding diaryl/α,β-unsaturated/α-hetero) is 1. The minimum atomic E-state index is -1.10. The fourth-order valence-corrected chi connectivity index (χ4v) is 5.20. The predicted octanol–water partition coefficient (Wildman–Crippen LogP) is -0.144. The number of aryl methyl sites for hydroxylation is 1. The molecule has 1 amide bonds. The smallest absolute Gasteiger partial charge is 0.354 e. The van der Waals surface area contributed by atoms with Gasteiger partial charge < -0.3 is 29.4 Å². The van der Waals surface area contributed by atoms with Crippen LogP contribution in [0.5, 0.6) is 0 Å². The number of nitrogens with zero attached hydrogens (tertiary/aromatic N) is 2. The Morgan fingerprint density at radius 3 is 2.63 bits per heavy atom. The number of aromatic amines is 1. The zero-order chi connectivity index (χ0) is 27.6. The van der Waals surface area contributed by atoms with Crippen molar-refractivity contribution in [3.05, 3.63) is 68.0 Å². The maximum absolute atomic E-state index is 13.9. The van der Waals surface area contributed by atoms with Crippen LogP contribution < -0.4 is 10.0 Å². The van der Waals surface area contributed by atoms with E-state index in [1.165, 1.54) is 35.1 Å². The SMILES string of the molecule is COC(=O)c1[nH]c(C)c(C([O-])=C2C(=O)C(=O)N(CCC[NH+]3CCOCC3)C2c2cccc([N+](=O)[O-])c2)c1C. The van der Waals surface area contributed by atoms with E-state index in [1.54, 1.807) is 19.9 Å². The number of H-pyrrole nitrogens is 1. The second-order valence-electron chi connectivity index (χ2n) is 9.41. The van der Waals surface area contributed by atoms with Gasteiger partial charge in [-0.15, -0.1) is 0 Å². The minimum Gasteiger partial charge on any atom is -0.872 e. The number of amides is 1. The second-order valence-corrected chi connectivity index (χ2v) is 9.41. The summed E-state index contributed by atoms with van der Waals surface area (Å²) in [6, 6.07) is 4.51. The number of hydrogen-bond acceptors (Lipinski definition) is 8. The van der Waals surface area contributed by atoms with Gasteiger partial charge in [0.05, 0.1) is 37.8 Å². The molecule has 1 unspecified atom stereocenters. The molecule has 2 saturated heterocycles. The molecule has 0 aliphatic carbocycles. The van der Waals surface area contributed by atoms with Crippen LogP contribution in [0.25, 0.3) is 5.76 Å². The minimum absolute atomic E-state index is 0.0722. The molecule has 12 nitrogen and oxygen atoms in total. The number of carbonyl (C=O) groups is 3. The molecule has 2 aliphatic rings. The highest BCUT2D eigenvalue weighted by molar-refractivity contribution is 6.46. The van der Waals surface area contributed by atoms with Gasteiger partial charge >= 0.3 is 5.97 Å². The average Bonchev–Trinajstić information content (AvgIpc) is 3.35. The van der Waals surface area contributed by atoms with Crippen LogP contribution in [0, 0.1) is 24.0 Å². The molecule has 3 heterocycles. The molecule has 38 heavy (non-hydrogen) atoms. The molecular weight excluding hydrogens is 496 g/mol. The van der Waals surface area contributed by atoms with E-state index in [2.05, 4.69) is 4.98 Å². The number of esters is 1. The van der Waals surface area contributed by atoms with E-state index in [4.69, 9.17) is 9.47 Å². The molecule has 0 spiro atoms. The zero-order valence-electron chi connectivity index (χ0n) is 21.5. The molecule has 2 aromatic rings. The quantitative estimate of drug-likeness (QED) is 0.120. The fourth-order valence-electron chi connectivity index (χ4n) is 5.20. The number of nitrogens with one attached hydrogen (secondary N) is 2. The van der Waals surface area contributed by atoms with E-state index in [0.29, 0.717) is 36.5 Å². The number of carbonyl (C=O) groups excluding carboxylic acids is 3. The van der Waals surface area contributed by atoms with E-state index >= 15 is 0 Å². The summed E-state index contributed by atoms with van der Waals surface area (Å²) >= 11 is 0. The number of methoxy groups -OCH3 is 1. The Balaban J connectivity index is 1.78. The molecule has 1 aromatic heterocycles. The van der Waals surface area contributed by atoms with Gasteiger partial charge in [0.2, 0.25) is 5.78 Å². The van der Waals surface area contributed by atoms with Crippen molar-refractivity contribution in [1.29, 1.82) is 0 Å². The van der Waals surface area contributed by atoms with Gasteiger partial charge in [-0.3, -0.25) is 19.7 Å². The molecule has 2 fully saturated rings. The van der Waals surface area contributed by atoms with E-state index in [9.17, 15) is 29.6 Å². The molecule has 1 aromatic carbocycles. The molecule has 2 aliphatic heterocycles. The number of non-ortho nitro benzene ring substituents is 1. The Labute approximate surface area is 219 Å². The number of ether oxygens (including phenoxy) is 2. The summed E-state index contributed by atoms with van der Waals surface area (Å²) in [5.41, 5.74) is 0.572. The molecule has 12 heteroatoms. The number of nitro benzene ring substituents is 1. The van der Waals surface area contributed by atoms with Gasteiger partial charge in [0, 0.05) is 36.4 Å². The lowest BCUT2D eigenvalue weighted by atomic mass is 9.93. The highest BCUT2D eigenvalue weighted by atomic mass is 16.6. The van der Waals surface area contributed by atoms with Crippen molar-refractivity contribution >= 4 is 29.1 Å². The molecular formula is C26H30N4O8. The monoisotopic (exact) mass is 526 g/mol. The van der Waals surface area contributed by atoms with Gasteiger partial charge in [-0.2, -0.15) is 0 Å². The summed E-state index contributed by atoms with van der Waals surface area (Å²) in [7, 11) is 1.21. The first-order chi connectivity index (χ1) is 18.1. The van der Waals surface area contributed by atoms with Crippen LogP contribution in [-0.2, 0) is 19.1 Å². The van der Waals surface area contributed by atoms with Crippen molar-refractivity contribution in [2.45, 2.75) is 26.3 Å². The Kier molecular flexibility index (Phi) is 7.93. The lowest BCUT2D eigenvalue weighted by molar-refractivity contribution is -0.908. The highest BCUT2D eigenvalue weighted by Crippen LogP contribution is 2.40. The largest absolute Gasteiger partial charge is 0.872 e. The zero-order valence-corrected chi connectivity index (χ0v) is 21.5. The Morgan fingerprint density at radius 2 is 1.97 bits per heavy atom. The number of rotatable bonds is 8. The van der Waals surface area contributed by atoms with Crippen molar-refractivity contribution < 1.29 is 38.8 Å². The van der Waals surface area contributed by atoms with Crippen LogP contribution >= 0.6 is 0 Å². The van der Waals surface area contributed by atoms with Crippen molar-refractivity contribution in [2.75, 3.05) is 46.5 Å². The number of likely N-dealkylation sites (tertiary alicyclic amines) is 1. The highest BCUT2D eigenvalue weighted by Gasteiger charge is 2.44. The van der Waals surface area contributed by atoms with Gasteiger partial charge in [0.1, 0.15) is 18.8 Å². The summed E-state index contributed by atoms with van der Waals surface area (Å²) in [5.74, 6) is -3.17. The van der Waals surface area contributed by atoms with Crippen LogP contribution in [0.3, 0.4) is 0 Å². The molecule has 1 atom stereocenters. The third kappa shape index (κ3) is 5.04. The standard InChI is InChI=1S/C26H30N4O8/c1-15-19(16(2)27-21(15)26(34)37-3)23(31)20-22(17-6-4-7-18(14-17)30(35)36)29(25(33)24(20)32)9-5-8-28-10-12-38-13-11-28/h4,6-7,14,22,27,31H,5,8-13H2,1-3H3. The predicted molar refractivity (Wildman–Crippen MR) is 132 cm³/mol. The summed E-state index contributed by atoms with van der Waals surface area (Å²) in [6.07, 6.45) is 0.565. The van der Waals surface area contributed by atoms with Gasteiger partial charge in [-0.05, 0) is 30.5 Å². The number of aromatic nitrogens is 1. The number of morpholine rings is 1. The van der Waals surface area contributed by atoms with Gasteiger partial charge in [-0.25, -0.2) is 4.79 Å². The number of nitro groups is 1. The van der Waals surface area contributed by atoms with E-state index < -0.39 is 34.4 Å². The average molecular weight is 527 g/mol. The molecule has 0 bridgehead atoms. The van der Waals surface area contributed by atoms with Crippen LogP contribution in [0.4, 0.5) is 5.69 Å². The molecule has 202 valence electrons. The van der Waals surface area contributed by atoms with Crippen LogP contribution in [-0.4, -0.2) is 79.0 Å². The normalized spacial score (nSPS) is 19.7. The Morgan fingerprint density at radius 1 is 1.26 bits per heavy atom. The maximum Gasteiger partial charge on any atom is 0.354 e. The maximum atomic E-state index is 13.9. The second kappa shape index (κ2) is 11.2. The van der Waals surface area contributed by atoms with Crippen LogP contribution in [0.15, 0.2) is 29.8 Å². The van der Waals surface area contributed by atoms with Gasteiger partial charge in [0.15, 0.2) is 0 Å². The van der Waals surface area contributed by atoms with E-state index in [-0.39, 0.29) is 29.1 Å². The fraction of sp³-hybridized carbons (Fsp3) is 0.423. The van der Waals surface area contributed by atoms with Gasteiger partial charge in [0.25, 0.3) is 11.6 Å². The van der Waals surface area contributed by atoms with Crippen LogP contribution in [0.2, 0.25) is 0 Å². The third-order valence-electron chi connectivity index (χ3n) is 7.11. The third-order valence-corrected chi connectivity index (χ3v) is 7.11. The summed E-state index contributed by atoms with van der Waals surface area (Å²) in [5, 5.41) is 25.3. The topological polar surface area (TPSA) is 159 Å². The van der Waals surface area contributed by atoms with Gasteiger partial charge in [-0.1, -0.05) is 17.9 Å². The number of hydrogen-bond donors (Lipinski definition) is 2. The van der Waals surface area contributed by atoms with E-state index in [0.717, 1.165) is 19.6 Å². The van der Waals surface area contributed by atoms with Crippen molar-refractivity contribution in [3.8, 4) is 0 Å². The Bertz CT molecular complexity index is 1310. The number of ketones is 1. The van der Waals surface area contributed by atoms with Crippen molar-refractivity contribution in [1.82, 2.24) is 9.88 Å². The first kappa shape index (κ1) is 27.0. The molecule has 2 N–H and O–H groups in total. The molecule has 4 rings (SSSR count). The molecule has 0 saturated carbocycles. The first-order valence-electron chi connectivity index (χ1n) is 12.4. The first-order valence-corrected chi connectivity index (χ1v) is 12.4. The molecule has 0 radical (unpaired) electrons. The van der Waals surface area contributed by atoms with E-state index in [1.807, 2.05) is 0 Å².